The third-order valence-corrected chi connectivity index (χ3v) is 19.7. The van der Waals surface area contributed by atoms with Crippen molar-refractivity contribution in [2.24, 2.45) is 0 Å². The number of rotatable bonds is 3. The van der Waals surface area contributed by atoms with Crippen LogP contribution in [0.15, 0.2) is 254 Å². The zero-order valence-electron chi connectivity index (χ0n) is 44.4. The number of para-hydroxylation sites is 6. The molecular formula is C72H42BrClN8S2. The quantitative estimate of drug-likeness (QED) is 0.141. The molecular weight excluding hydrogens is 1160 g/mol. The van der Waals surface area contributed by atoms with E-state index in [1.807, 2.05) is 59.2 Å². The minimum absolute atomic E-state index is 0.646. The fourth-order valence-corrected chi connectivity index (χ4v) is 15.4. The highest BCUT2D eigenvalue weighted by molar-refractivity contribution is 9.10. The van der Waals surface area contributed by atoms with Gasteiger partial charge in [-0.3, -0.25) is 4.40 Å². The molecule has 1 N–H and O–H groups in total. The Labute approximate surface area is 499 Å². The Bertz CT molecular complexity index is 5800. The Kier molecular flexibility index (Phi) is 11.3. The zero-order valence-corrected chi connectivity index (χ0v) is 48.3. The largest absolute Gasteiger partial charge is 0.338 e. The van der Waals surface area contributed by atoms with Crippen LogP contribution in [0.25, 0.3) is 156 Å². The predicted octanol–water partition coefficient (Wildman–Crippen LogP) is 20.8. The maximum atomic E-state index is 5.60. The molecule has 10 aromatic carbocycles. The average molecular weight is 1200 g/mol. The van der Waals surface area contributed by atoms with E-state index in [4.69, 9.17) is 26.6 Å². The number of aromatic nitrogens is 8. The van der Waals surface area contributed by atoms with Crippen LogP contribution in [0.5, 0.6) is 0 Å². The van der Waals surface area contributed by atoms with E-state index >= 15 is 0 Å². The van der Waals surface area contributed by atoms with Crippen molar-refractivity contribution in [1.82, 2.24) is 38.5 Å². The van der Waals surface area contributed by atoms with E-state index in [-0.39, 0.29) is 0 Å². The molecule has 8 nitrogen and oxygen atoms in total. The Balaban J connectivity index is 0.000000118. The number of nitrogens with zero attached hydrogens (tertiary/aromatic N) is 7. The molecule has 0 atom stereocenters. The normalized spacial score (nSPS) is 11.9. The summed E-state index contributed by atoms with van der Waals surface area (Å²) in [4.78, 5) is 22.2. The van der Waals surface area contributed by atoms with E-state index in [1.54, 1.807) is 18.3 Å². The fourth-order valence-electron chi connectivity index (χ4n) is 12.5. The second kappa shape index (κ2) is 19.4. The average Bonchev–Trinajstić information content (AvgIpc) is 1.65. The molecule has 0 aliphatic carbocycles. The lowest BCUT2D eigenvalue weighted by Gasteiger charge is -2.11. The van der Waals surface area contributed by atoms with Crippen LogP contribution in [0.4, 0.5) is 0 Å². The molecule has 19 aromatic rings. The summed E-state index contributed by atoms with van der Waals surface area (Å²) < 4.78 is 13.1. The highest BCUT2D eigenvalue weighted by Crippen LogP contribution is 2.47. The van der Waals surface area contributed by atoms with Crippen molar-refractivity contribution >= 4 is 184 Å². The van der Waals surface area contributed by atoms with Crippen molar-refractivity contribution in [3.63, 3.8) is 0 Å². The van der Waals surface area contributed by atoms with Crippen molar-refractivity contribution < 1.29 is 0 Å². The second-order valence-electron chi connectivity index (χ2n) is 20.9. The molecule has 0 radical (unpaired) electrons. The van der Waals surface area contributed by atoms with Crippen LogP contribution in [-0.4, -0.2) is 38.5 Å². The fraction of sp³-hybridized carbons (Fsp3) is 0. The first-order valence-corrected chi connectivity index (χ1v) is 30.4. The number of halogens is 2. The third kappa shape index (κ3) is 7.63. The van der Waals surface area contributed by atoms with Gasteiger partial charge in [-0.15, -0.1) is 22.7 Å². The van der Waals surface area contributed by atoms with E-state index in [0.717, 1.165) is 61.2 Å². The molecule has 0 saturated heterocycles. The second-order valence-corrected chi connectivity index (χ2v) is 24.1. The lowest BCUT2D eigenvalue weighted by molar-refractivity contribution is 1.19. The van der Waals surface area contributed by atoms with Gasteiger partial charge in [-0.05, 0) is 124 Å². The first-order valence-electron chi connectivity index (χ1n) is 27.6. The number of benzene rings is 10. The first kappa shape index (κ1) is 48.9. The number of imidazole rings is 2. The highest BCUT2D eigenvalue weighted by atomic mass is 79.9. The highest BCUT2D eigenvalue weighted by Gasteiger charge is 2.23. The van der Waals surface area contributed by atoms with E-state index in [2.05, 4.69) is 234 Å². The number of nitrogens with one attached hydrogen (secondary N) is 1. The van der Waals surface area contributed by atoms with Gasteiger partial charge in [0.1, 0.15) is 21.7 Å². The molecule has 9 aromatic heterocycles. The number of thiophene rings is 2. The number of pyridine rings is 3. The SMILES string of the molecule is Clc1cccnc1Br.c1ccc(-n2c3cc(-c4nc5ccccc5[nH]4)ccc3c3ccc4c5ccccc5sc4c32)cc1.c1ccc(-n2c3cc4c(cc3c3ccc5c6ccccc6sc5c32)c2cccnc2n2c3ccccc3nc42)cc1. The van der Waals surface area contributed by atoms with Crippen molar-refractivity contribution in [3.8, 4) is 22.8 Å². The number of hydrogen-bond acceptors (Lipinski definition) is 6. The Morgan fingerprint density at radius 2 is 0.952 bits per heavy atom. The Morgan fingerprint density at radius 1 is 0.393 bits per heavy atom. The van der Waals surface area contributed by atoms with Gasteiger partial charge in [0.2, 0.25) is 0 Å². The van der Waals surface area contributed by atoms with Crippen LogP contribution in [0.1, 0.15) is 0 Å². The molecule has 19 rings (SSSR count). The molecule has 12 heteroatoms. The molecule has 84 heavy (non-hydrogen) atoms. The third-order valence-electron chi connectivity index (χ3n) is 16.2. The summed E-state index contributed by atoms with van der Waals surface area (Å²) in [5.41, 5.74) is 14.3. The number of hydrogen-bond donors (Lipinski definition) is 1. The van der Waals surface area contributed by atoms with Gasteiger partial charge in [-0.1, -0.05) is 145 Å². The van der Waals surface area contributed by atoms with Crippen LogP contribution < -0.4 is 0 Å². The summed E-state index contributed by atoms with van der Waals surface area (Å²) in [5.74, 6) is 0.893. The zero-order chi connectivity index (χ0) is 55.6. The van der Waals surface area contributed by atoms with Crippen LogP contribution >= 0.6 is 50.2 Å². The number of H-pyrrole nitrogens is 1. The molecule has 9 heterocycles. The van der Waals surface area contributed by atoms with Gasteiger partial charge in [-0.25, -0.2) is 19.9 Å². The topological polar surface area (TPSA) is 81.6 Å². The van der Waals surface area contributed by atoms with Crippen molar-refractivity contribution in [2.75, 3.05) is 0 Å². The van der Waals surface area contributed by atoms with Gasteiger partial charge in [0, 0.05) is 92.6 Å². The molecule has 0 spiro atoms. The van der Waals surface area contributed by atoms with Crippen molar-refractivity contribution in [3.05, 3.63) is 259 Å². The van der Waals surface area contributed by atoms with Gasteiger partial charge >= 0.3 is 0 Å². The van der Waals surface area contributed by atoms with Gasteiger partial charge in [0.15, 0.2) is 0 Å². The summed E-state index contributed by atoms with van der Waals surface area (Å²) in [7, 11) is 0. The lowest BCUT2D eigenvalue weighted by Crippen LogP contribution is -1.96. The summed E-state index contributed by atoms with van der Waals surface area (Å²) in [6, 6.07) is 83.8. The van der Waals surface area contributed by atoms with Crippen LogP contribution in [0, 0.1) is 0 Å². The molecule has 396 valence electrons. The molecule has 0 aliphatic heterocycles. The smallest absolute Gasteiger partial charge is 0.147 e. The van der Waals surface area contributed by atoms with E-state index in [9.17, 15) is 0 Å². The lowest BCUT2D eigenvalue weighted by atomic mass is 10.0. The standard InChI is InChI=1S/C36H20N4S.C31H19N3S.C5H3BrClN/c1-2-9-21(10-3-1)39-31-20-28-26(25-12-8-18-37-35(25)40-30-14-6-5-13-29(30)38-36(28)40)19-27(31)23-16-17-24-22-11-4-7-15-32(22)41-34(24)33(23)39;1-2-8-20(9-3-1)34-27-18-19(31-32-25-11-5-6-12-26(25)33-31)14-15-21(27)23-16-17-24-22-10-4-7-13-28(22)35-30(24)29(23)34;6-5-4(7)2-1-3-8-5/h1-20H;1-18H,(H,32,33);1-3H. The van der Waals surface area contributed by atoms with Crippen LogP contribution in [-0.2, 0) is 0 Å². The summed E-state index contributed by atoms with van der Waals surface area (Å²) in [6.45, 7) is 0. The van der Waals surface area contributed by atoms with Gasteiger partial charge in [0.05, 0.1) is 58.6 Å². The van der Waals surface area contributed by atoms with Crippen molar-refractivity contribution in [1.29, 1.82) is 0 Å². The molecule has 0 saturated carbocycles. The summed E-state index contributed by atoms with van der Waals surface area (Å²) >= 11 is 12.5. The monoisotopic (exact) mass is 1200 g/mol. The maximum Gasteiger partial charge on any atom is 0.147 e. The molecule has 0 fully saturated rings. The number of aromatic amines is 1. The maximum absolute atomic E-state index is 5.60. The molecule has 0 unspecified atom stereocenters. The van der Waals surface area contributed by atoms with Crippen molar-refractivity contribution in [2.45, 2.75) is 0 Å². The Hall–Kier alpha value is -9.75. The molecule has 0 amide bonds. The minimum atomic E-state index is 0.646. The summed E-state index contributed by atoms with van der Waals surface area (Å²) in [6.07, 6.45) is 3.55. The first-order chi connectivity index (χ1) is 41.5. The molecule has 0 aliphatic rings. The van der Waals surface area contributed by atoms with E-state index in [0.29, 0.717) is 9.63 Å². The predicted molar refractivity (Wildman–Crippen MR) is 358 cm³/mol. The van der Waals surface area contributed by atoms with E-state index < -0.39 is 0 Å². The molecule has 0 bridgehead atoms. The summed E-state index contributed by atoms with van der Waals surface area (Å²) in [5, 5.41) is 14.4. The van der Waals surface area contributed by atoms with Crippen LogP contribution in [0.2, 0.25) is 5.02 Å². The minimum Gasteiger partial charge on any atom is -0.338 e. The van der Waals surface area contributed by atoms with Gasteiger partial charge in [0.25, 0.3) is 0 Å². The van der Waals surface area contributed by atoms with Gasteiger partial charge in [-0.2, -0.15) is 0 Å². The van der Waals surface area contributed by atoms with Gasteiger partial charge < -0.3 is 14.1 Å². The van der Waals surface area contributed by atoms with Crippen LogP contribution in [0.3, 0.4) is 0 Å². The number of fused-ring (bicyclic) bond motifs is 23. The Morgan fingerprint density at radius 3 is 1.62 bits per heavy atom. The van der Waals surface area contributed by atoms with E-state index in [1.165, 1.54) is 95.0 Å².